The van der Waals surface area contributed by atoms with Gasteiger partial charge in [0.25, 0.3) is 0 Å². The highest BCUT2D eigenvalue weighted by Crippen LogP contribution is 2.30. The average molecular weight is 1100 g/mol. The Labute approximate surface area is 446 Å². The lowest BCUT2D eigenvalue weighted by atomic mass is 9.97. The molecule has 0 heterocycles. The van der Waals surface area contributed by atoms with E-state index < -0.39 is 110 Å². The quantitative estimate of drug-likeness (QED) is 0.0769. The Balaban J connectivity index is 0.000000463. The Morgan fingerprint density at radius 3 is 1.03 bits per heavy atom. The molecule has 0 spiro atoms. The molecule has 0 saturated carbocycles. The number of aryl methyl sites for hydroxylation is 3. The Bertz CT molecular complexity index is 2720. The van der Waals surface area contributed by atoms with Crippen molar-refractivity contribution >= 4 is 0 Å². The van der Waals surface area contributed by atoms with Crippen LogP contribution in [0.3, 0.4) is 0 Å². The smallest absolute Gasteiger partial charge is 0.195 e. The minimum absolute atomic E-state index is 0.0220. The van der Waals surface area contributed by atoms with Crippen LogP contribution in [0.25, 0.3) is 0 Å². The van der Waals surface area contributed by atoms with E-state index in [1.54, 1.807) is 33.8 Å². The molecule has 0 saturated heterocycles. The van der Waals surface area contributed by atoms with Gasteiger partial charge in [-0.15, -0.1) is 0 Å². The van der Waals surface area contributed by atoms with Crippen LogP contribution in [0.2, 0.25) is 0 Å². The van der Waals surface area contributed by atoms with Crippen molar-refractivity contribution in [1.82, 2.24) is 0 Å². The minimum atomic E-state index is -1.60. The van der Waals surface area contributed by atoms with Crippen molar-refractivity contribution in [3.8, 4) is 0 Å². The molecule has 426 valence electrons. The normalized spacial score (nSPS) is 10.9. The van der Waals surface area contributed by atoms with E-state index in [9.17, 15) is 65.9 Å². The van der Waals surface area contributed by atoms with E-state index in [1.807, 2.05) is 68.4 Å². The molecular weight excluding hydrogens is 1030 g/mol. The van der Waals surface area contributed by atoms with Gasteiger partial charge in [0, 0.05) is 39.4 Å². The molecule has 0 atom stereocenters. The summed E-state index contributed by atoms with van der Waals surface area (Å²) >= 11 is 0. The third kappa shape index (κ3) is 20.5. The van der Waals surface area contributed by atoms with Gasteiger partial charge in [-0.25, -0.2) is 65.9 Å². The van der Waals surface area contributed by atoms with Gasteiger partial charge in [-0.2, -0.15) is 0 Å². The minimum Gasteiger partial charge on any atom is -0.207 e. The topological polar surface area (TPSA) is 0 Å². The van der Waals surface area contributed by atoms with E-state index in [1.165, 1.54) is 56.3 Å². The zero-order valence-corrected chi connectivity index (χ0v) is 47.0. The predicted molar refractivity (Wildman–Crippen MR) is 280 cm³/mol. The number of hydrogen-bond acceptors (Lipinski definition) is 0. The summed E-state index contributed by atoms with van der Waals surface area (Å²) < 4.78 is 196. The lowest BCUT2D eigenvalue weighted by molar-refractivity contribution is 0.415. The lowest BCUT2D eigenvalue weighted by Crippen LogP contribution is -2.08. The summed E-state index contributed by atoms with van der Waals surface area (Å²) in [5.74, 6) is -13.1. The molecule has 0 aliphatic rings. The molecule has 6 aromatic rings. The molecule has 0 bridgehead atoms. The fourth-order valence-electron chi connectivity index (χ4n) is 7.94. The van der Waals surface area contributed by atoms with Crippen LogP contribution in [0.15, 0.2) is 60.7 Å². The van der Waals surface area contributed by atoms with E-state index in [4.69, 9.17) is 0 Å². The maximum absolute atomic E-state index is 13.3. The first-order valence-corrected chi connectivity index (χ1v) is 25.2. The van der Waals surface area contributed by atoms with Crippen molar-refractivity contribution in [3.63, 3.8) is 0 Å². The maximum atomic E-state index is 13.3. The molecule has 0 N–H and O–H groups in total. The summed E-state index contributed by atoms with van der Waals surface area (Å²) in [6, 6.07) is 14.2. The van der Waals surface area contributed by atoms with Gasteiger partial charge in [0.1, 0.15) is 46.5 Å². The zero-order valence-electron chi connectivity index (χ0n) is 47.0. The largest absolute Gasteiger partial charge is 0.207 e. The zero-order chi connectivity index (χ0) is 59.7. The fraction of sp³-hybridized carbons (Fsp3) is 0.419. The predicted octanol–water partition coefficient (Wildman–Crippen LogP) is 20.7. The van der Waals surface area contributed by atoms with E-state index in [0.717, 1.165) is 31.0 Å². The van der Waals surface area contributed by atoms with Crippen LogP contribution >= 0.6 is 0 Å². The summed E-state index contributed by atoms with van der Waals surface area (Å²) in [5, 5.41) is 0. The fourth-order valence-corrected chi connectivity index (χ4v) is 7.94. The van der Waals surface area contributed by atoms with Crippen molar-refractivity contribution in [2.75, 3.05) is 0 Å². The van der Waals surface area contributed by atoms with Crippen LogP contribution in [-0.4, -0.2) is 0 Å². The summed E-state index contributed by atoms with van der Waals surface area (Å²) in [5.41, 5.74) is 2.21. The standard InChI is InChI=1S/C11H12F4.C11H14F2.C10H10F4.2C10H12F2.C10H13F/c1-5(2)4-7-10(14)8(12)6(3)9(13)11(7)15;1-7(2)4-9-10(12)5-8(3)6-11(9)13;1-4(2)6-7(11)5(3)8(12)10(14)9(6)13;1-6(2)10-7(3)4-8(11)5-9(10)12;1-7(2)6-8-9(11)4-3-5-10(8)12;1-7(2)10-8(3)5-4-6-9(10)11/h5H,4H2,1-3H3;5-7H,4H2,1-3H3;4H,1-3H3;4-6H,1-3H3;3-5,7H,6H2,1-2H3;4-7H,1-3H3. The van der Waals surface area contributed by atoms with E-state index in [2.05, 4.69) is 0 Å². The van der Waals surface area contributed by atoms with Crippen molar-refractivity contribution < 1.29 is 65.9 Å². The first-order chi connectivity index (χ1) is 35.5. The molecular formula is C62H73F15. The van der Waals surface area contributed by atoms with Crippen LogP contribution in [0, 0.1) is 140 Å². The van der Waals surface area contributed by atoms with Gasteiger partial charge >= 0.3 is 0 Å². The first kappa shape index (κ1) is 69.3. The van der Waals surface area contributed by atoms with Gasteiger partial charge in [0.05, 0.1) is 0 Å². The van der Waals surface area contributed by atoms with Gasteiger partial charge in [0.2, 0.25) is 0 Å². The van der Waals surface area contributed by atoms with Crippen molar-refractivity contribution in [1.29, 1.82) is 0 Å². The Morgan fingerprint density at radius 1 is 0.299 bits per heavy atom. The molecule has 77 heavy (non-hydrogen) atoms. The van der Waals surface area contributed by atoms with Crippen LogP contribution in [0.5, 0.6) is 0 Å². The van der Waals surface area contributed by atoms with Gasteiger partial charge in [-0.3, -0.25) is 0 Å². The van der Waals surface area contributed by atoms with Gasteiger partial charge in [0.15, 0.2) is 40.7 Å². The number of benzene rings is 6. The third-order valence-corrected chi connectivity index (χ3v) is 11.6. The molecule has 6 rings (SSSR count). The third-order valence-electron chi connectivity index (χ3n) is 11.6. The molecule has 0 nitrogen and oxygen atoms in total. The number of halogens is 15. The van der Waals surface area contributed by atoms with E-state index in [-0.39, 0.29) is 53.0 Å². The summed E-state index contributed by atoms with van der Waals surface area (Å²) in [7, 11) is 0. The van der Waals surface area contributed by atoms with Crippen LogP contribution in [0.1, 0.15) is 162 Å². The van der Waals surface area contributed by atoms with Crippen molar-refractivity contribution in [2.24, 2.45) is 17.8 Å². The maximum Gasteiger partial charge on any atom is 0.195 e. The molecule has 0 unspecified atom stereocenters. The van der Waals surface area contributed by atoms with Crippen LogP contribution < -0.4 is 0 Å². The molecule has 0 radical (unpaired) electrons. The summed E-state index contributed by atoms with van der Waals surface area (Å²) in [4.78, 5) is 0. The monoisotopic (exact) mass is 1100 g/mol. The molecule has 15 heteroatoms. The highest BCUT2D eigenvalue weighted by atomic mass is 19.2. The molecule has 6 aromatic carbocycles. The van der Waals surface area contributed by atoms with Crippen LogP contribution in [-0.2, 0) is 19.3 Å². The highest BCUT2D eigenvalue weighted by molar-refractivity contribution is 5.33. The Kier molecular flexibility index (Phi) is 28.4. The van der Waals surface area contributed by atoms with Gasteiger partial charge < -0.3 is 0 Å². The van der Waals surface area contributed by atoms with Gasteiger partial charge in [-0.05, 0) is 154 Å². The van der Waals surface area contributed by atoms with E-state index >= 15 is 0 Å². The van der Waals surface area contributed by atoms with E-state index in [0.29, 0.717) is 29.5 Å². The molecule has 0 aromatic heterocycles. The molecule has 0 aliphatic heterocycles. The Hall–Kier alpha value is -5.73. The first-order valence-electron chi connectivity index (χ1n) is 25.2. The summed E-state index contributed by atoms with van der Waals surface area (Å²) in [6.45, 7) is 29.5. The Morgan fingerprint density at radius 2 is 0.649 bits per heavy atom. The van der Waals surface area contributed by atoms with Crippen molar-refractivity contribution in [2.45, 2.75) is 155 Å². The second-order valence-electron chi connectivity index (χ2n) is 20.9. The molecule has 0 aliphatic carbocycles. The summed E-state index contributed by atoms with van der Waals surface area (Å²) in [6.07, 6.45) is 0.891. The molecule has 0 fully saturated rings. The second kappa shape index (κ2) is 31.6. The number of hydrogen-bond donors (Lipinski definition) is 0. The average Bonchev–Trinajstić information content (AvgIpc) is 3.30. The highest BCUT2D eigenvalue weighted by Gasteiger charge is 2.25. The molecule has 0 amide bonds. The van der Waals surface area contributed by atoms with Crippen molar-refractivity contribution in [3.05, 3.63) is 209 Å². The number of rotatable bonds is 9. The lowest BCUT2D eigenvalue weighted by Gasteiger charge is -2.12. The SMILES string of the molecule is CC(C)Cc1c(F)cccc1F.Cc1c(F)c(F)c(CC(C)C)c(F)c1F.Cc1c(F)c(F)c(F)c(C(C)C)c1F.Cc1cc(F)c(CC(C)C)c(F)c1.Cc1cc(F)cc(F)c1C(C)C.Cc1cccc(F)c1C(C)C. The van der Waals surface area contributed by atoms with Gasteiger partial charge in [-0.1, -0.05) is 101 Å². The second-order valence-corrected chi connectivity index (χ2v) is 20.9. The van der Waals surface area contributed by atoms with Crippen LogP contribution in [0.4, 0.5) is 65.9 Å².